The number of carbonyl (C=O) groups excluding carboxylic acids is 11. The van der Waals surface area contributed by atoms with Crippen molar-refractivity contribution >= 4 is 107 Å². The number of benzene rings is 7. The number of rotatable bonds is 27. The number of carbonyl (C=O) groups is 12. The van der Waals surface area contributed by atoms with Gasteiger partial charge in [-0.2, -0.15) is 0 Å². The number of halogens is 3. The molecule has 7 aromatic rings. The molecule has 11 bridgehead atoms. The summed E-state index contributed by atoms with van der Waals surface area (Å²) >= 11 is 20.9. The van der Waals surface area contributed by atoms with Gasteiger partial charge in [0.1, 0.15) is 108 Å². The van der Waals surface area contributed by atoms with Crippen molar-refractivity contribution in [3.05, 3.63) is 176 Å². The highest BCUT2D eigenvalue weighted by Crippen LogP contribution is 2.51. The summed E-state index contributed by atoms with van der Waals surface area (Å²) < 4.78 is 58.1. The van der Waals surface area contributed by atoms with Crippen molar-refractivity contribution in [1.82, 2.24) is 42.1 Å². The van der Waals surface area contributed by atoms with Gasteiger partial charge in [-0.1, -0.05) is 103 Å². The van der Waals surface area contributed by atoms with Gasteiger partial charge in [0.05, 0.1) is 66.4 Å². The highest BCUT2D eigenvalue weighted by Gasteiger charge is 2.54. The molecule has 41 nitrogen and oxygen atoms in total. The van der Waals surface area contributed by atoms with E-state index in [0.717, 1.165) is 94.4 Å². The Kier molecular flexibility index (Phi) is 33.0. The predicted molar refractivity (Wildman–Crippen MR) is 489 cm³/mol. The fourth-order valence-corrected chi connectivity index (χ4v) is 17.9. The minimum Gasteiger partial charge on any atom is -0.508 e. The summed E-state index contributed by atoms with van der Waals surface area (Å²) in [5.41, 5.74) is 9.14. The third kappa shape index (κ3) is 23.9. The largest absolute Gasteiger partial charge is 0.508 e. The lowest BCUT2D eigenvalue weighted by Gasteiger charge is -2.48. The molecular formula is C95H107Cl3N10O31. The molecule has 44 heteroatoms. The van der Waals surface area contributed by atoms with Gasteiger partial charge in [0.2, 0.25) is 59.3 Å². The third-order valence-corrected chi connectivity index (χ3v) is 25.8. The van der Waals surface area contributed by atoms with E-state index in [4.69, 9.17) is 88.9 Å². The summed E-state index contributed by atoms with van der Waals surface area (Å²) in [7, 11) is 1.25. The summed E-state index contributed by atoms with van der Waals surface area (Å²) in [4.78, 5) is 173. The summed E-state index contributed by atoms with van der Waals surface area (Å²) in [6, 6.07) is 12.7. The number of nitrogens with two attached hydrogens (primary N) is 2. The highest BCUT2D eigenvalue weighted by molar-refractivity contribution is 6.32. The van der Waals surface area contributed by atoms with Crippen LogP contribution in [0.3, 0.4) is 0 Å². The van der Waals surface area contributed by atoms with Crippen molar-refractivity contribution in [2.45, 2.75) is 226 Å². The van der Waals surface area contributed by atoms with Gasteiger partial charge in [0, 0.05) is 71.7 Å². The number of amides is 8. The van der Waals surface area contributed by atoms with E-state index in [1.165, 1.54) is 27.0 Å². The monoisotopic (exact) mass is 1990 g/mol. The number of aliphatic carboxylic acids is 1. The number of aliphatic hydroxyl groups excluding tert-OH is 6. The van der Waals surface area contributed by atoms with Crippen LogP contribution in [-0.2, 0) is 92.5 Å². The third-order valence-electron chi connectivity index (χ3n) is 25.0. The molecule has 15 rings (SSSR count). The van der Waals surface area contributed by atoms with E-state index in [2.05, 4.69) is 37.2 Å². The highest BCUT2D eigenvalue weighted by atomic mass is 35.5. The van der Waals surface area contributed by atoms with Crippen molar-refractivity contribution in [2.24, 2.45) is 23.3 Å². The van der Waals surface area contributed by atoms with Crippen molar-refractivity contribution in [1.29, 1.82) is 0 Å². The normalized spacial score (nSPS) is 27.8. The quantitative estimate of drug-likeness (QED) is 0.0146. The van der Waals surface area contributed by atoms with E-state index in [9.17, 15) is 79.8 Å². The number of hydrogen-bond donors (Lipinski definition) is 19. The van der Waals surface area contributed by atoms with Gasteiger partial charge in [-0.05, 0) is 152 Å². The number of likely N-dealkylation sites (N-methyl/N-ethyl adjacent to an activating group) is 1. The zero-order chi connectivity index (χ0) is 101. The number of aldehydes is 2. The standard InChI is InChI=1S/C95H107Cl3N10O31/c1-41(2)25-59(108(7)68(116)9-8-24-131-69(117)26-45(38-109)39-110)87(124)106-76-78(118)49-17-22-62(56(97)28-49)134-64-30-51-31-65(82(64)139-93-83(80(120)79(119)66(40-111)136-93)138-71-36-95(6,85(122)43(4)133-71)101-37-44-10-12-46(13-11-44)47-14-19-52(96)20-15-47)135-63-23-18-50(29-57(63)98)81(137-70-35-94(5,100)84(121)42(3)132-70)77-91(128)105-75(92(129)130)55-32-53(112)33-61(114)72(55)54-27-48(16-21-60(54)113)73(88(125)107-77)104-89(126)74(51)103-86(123)58(34-67(99)115)102-90(76)127/h10-23,27-33,38-39,41-43,45,58-59,66,70-71,73-81,83-85,93,101,111-114,118-122H,8-9,24-26,34-37,40,100H2,1-7H3,(H2,99,115)(H,102,127)(H,103,123)(H,104,126)(H,105,128)(H,106,124)(H,107,125)(H,129,130)/t42-,43-,58-,59+,66+,70-,71-,73+,74+,75-,76+,77-,78+,79+,80-,81+,83+,84-,85-,93-,94-,95-/m0/s1. The number of ether oxygens (including phenoxy) is 9. The molecule has 0 saturated carbocycles. The second kappa shape index (κ2) is 44.0. The number of carboxylic acids is 1. The molecule has 7 aromatic carbocycles. The summed E-state index contributed by atoms with van der Waals surface area (Å²) in [5, 5.41) is 136. The van der Waals surface area contributed by atoms with Crippen molar-refractivity contribution < 1.29 is 151 Å². The number of aliphatic hydroxyl groups is 6. The zero-order valence-corrected chi connectivity index (χ0v) is 78.1. The molecule has 22 atom stereocenters. The van der Waals surface area contributed by atoms with Crippen LogP contribution in [0.2, 0.25) is 15.1 Å². The Hall–Kier alpha value is -12.3. The molecule has 0 aliphatic carbocycles. The molecule has 0 spiro atoms. The van der Waals surface area contributed by atoms with Crippen LogP contribution in [0.25, 0.3) is 22.3 Å². The SMILES string of the molecule is CC(C)C[C@H](C(=O)N[C@H]1C(=O)N[C@@H](CC(N)=O)C(=O)N[C@H]2C(=O)N[C@H]3C(=O)N[C@H](C(=O)N[C@H](C(=O)O)c4cc(O)cc(O)c4-c4cc3ccc4O)[C@H](O[C@H]3C[C@](C)(N)[C@@H](O)[C@H](C)O3)c3ccc(c(Cl)c3)Oc3cc2cc(c3O[C@@H]2O[C@H](CO)[C@@H](O)[C@H](O)[C@H]2O[C@H]2C[C@](C)(NCc3ccc(-c4ccc(Cl)cc4)cc3)[C@@H](O)[C@H](C)O2)Oc2ccc(cc2Cl)[C@H]1O)N(C)C(=O)CCCOC(=O)CC(C=O)C=O. The first kappa shape index (κ1) is 104. The average Bonchev–Trinajstić information content (AvgIpc) is 0.762. The topological polar surface area (TPSA) is 630 Å². The fraction of sp³-hybridized carbons (Fsp3) is 0.432. The van der Waals surface area contributed by atoms with E-state index in [1.54, 1.807) is 39.8 Å². The average molecular weight is 1990 g/mol. The number of nitrogens with one attached hydrogen (secondary N) is 7. The smallest absolute Gasteiger partial charge is 0.330 e. The molecule has 0 aromatic heterocycles. The molecule has 139 heavy (non-hydrogen) atoms. The second-order valence-corrected chi connectivity index (χ2v) is 37.1. The molecule has 0 radical (unpaired) electrons. The maximum absolute atomic E-state index is 16.7. The molecule has 21 N–H and O–H groups in total. The minimum atomic E-state index is -2.49. The first-order chi connectivity index (χ1) is 65.8. The molecule has 8 aliphatic heterocycles. The minimum absolute atomic E-state index is 0.137. The molecule has 3 fully saturated rings. The van der Waals surface area contributed by atoms with Crippen LogP contribution in [0, 0.1) is 11.8 Å². The number of primary amides is 1. The number of aromatic hydroxyl groups is 3. The Balaban J connectivity index is 0.989. The number of hydrogen-bond acceptors (Lipinski definition) is 32. The van der Waals surface area contributed by atoms with Crippen LogP contribution in [-0.4, -0.2) is 251 Å². The fourth-order valence-electron chi connectivity index (χ4n) is 17.4. The molecule has 0 unspecified atom stereocenters. The first-order valence-corrected chi connectivity index (χ1v) is 45.5. The van der Waals surface area contributed by atoms with Gasteiger partial charge in [-0.3, -0.25) is 43.2 Å². The van der Waals surface area contributed by atoms with Gasteiger partial charge < -0.3 is 157 Å². The lowest BCUT2D eigenvalue weighted by Crippen LogP contribution is -2.65. The van der Waals surface area contributed by atoms with Gasteiger partial charge in [0.15, 0.2) is 36.2 Å². The molecular weight excluding hydrogens is 1880 g/mol. The van der Waals surface area contributed by atoms with Crippen molar-refractivity contribution in [2.75, 3.05) is 20.3 Å². The summed E-state index contributed by atoms with van der Waals surface area (Å²) in [6.45, 7) is 8.28. The summed E-state index contributed by atoms with van der Waals surface area (Å²) in [5.74, 6) is -20.5. The van der Waals surface area contributed by atoms with E-state index >= 15 is 28.8 Å². The van der Waals surface area contributed by atoms with Crippen molar-refractivity contribution in [3.63, 3.8) is 0 Å². The Morgan fingerprint density at radius 3 is 1.86 bits per heavy atom. The number of phenols is 3. The maximum atomic E-state index is 16.7. The van der Waals surface area contributed by atoms with Crippen LogP contribution in [0.5, 0.6) is 46.0 Å². The zero-order valence-electron chi connectivity index (χ0n) is 75.8. The first-order valence-electron chi connectivity index (χ1n) is 44.4. The van der Waals surface area contributed by atoms with Crippen LogP contribution >= 0.6 is 34.8 Å². The maximum Gasteiger partial charge on any atom is 0.330 e. The Bertz CT molecular complexity index is 5800. The number of nitrogens with zero attached hydrogens (tertiary/aromatic N) is 1. The number of esters is 1. The molecule has 744 valence electrons. The molecule has 8 amide bonds. The lowest BCUT2D eigenvalue weighted by molar-refractivity contribution is -0.334. The number of phenolic OH excluding ortho intramolecular Hbond substituents is 3. The molecule has 3 saturated heterocycles. The molecule has 8 aliphatic rings. The van der Waals surface area contributed by atoms with Crippen LogP contribution < -0.4 is 62.9 Å². The second-order valence-electron chi connectivity index (χ2n) is 35.9. The summed E-state index contributed by atoms with van der Waals surface area (Å²) in [6.07, 6.45) is -24.7. The Morgan fingerprint density at radius 2 is 1.25 bits per heavy atom. The van der Waals surface area contributed by atoms with Crippen molar-refractivity contribution in [3.8, 4) is 68.2 Å². The van der Waals surface area contributed by atoms with Gasteiger partial charge in [0.25, 0.3) is 0 Å². The Morgan fingerprint density at radius 1 is 0.655 bits per heavy atom. The van der Waals surface area contributed by atoms with E-state index in [1.807, 2.05) is 36.4 Å². The Labute approximate surface area is 809 Å². The number of carboxylic acid groups (broad SMARTS) is 1. The van der Waals surface area contributed by atoms with Crippen LogP contribution in [0.1, 0.15) is 150 Å². The van der Waals surface area contributed by atoms with Gasteiger partial charge in [-0.25, -0.2) is 4.79 Å². The van der Waals surface area contributed by atoms with Gasteiger partial charge >= 0.3 is 11.9 Å². The van der Waals surface area contributed by atoms with E-state index in [0.29, 0.717) is 5.02 Å². The predicted octanol–water partition coefficient (Wildman–Crippen LogP) is 4.46. The van der Waals surface area contributed by atoms with Crippen LogP contribution in [0.4, 0.5) is 0 Å². The lowest BCUT2D eigenvalue weighted by atomic mass is 9.84. The molecule has 8 heterocycles. The van der Waals surface area contributed by atoms with Crippen LogP contribution in [0.15, 0.2) is 127 Å². The van der Waals surface area contributed by atoms with Gasteiger partial charge in [-0.15, -0.1) is 0 Å². The van der Waals surface area contributed by atoms with E-state index < -0.39 is 308 Å². The number of fused-ring (bicyclic) bond motifs is 15. The van der Waals surface area contributed by atoms with E-state index in [-0.39, 0.29) is 69.0 Å².